The van der Waals surface area contributed by atoms with Crippen LogP contribution >= 0.6 is 0 Å². The number of rotatable bonds is 8. The number of carbonyl (C=O) groups is 2. The van der Waals surface area contributed by atoms with Crippen LogP contribution in [0.3, 0.4) is 0 Å². The summed E-state index contributed by atoms with van der Waals surface area (Å²) in [6.07, 6.45) is 6.28. The average molecular weight is 471 g/mol. The molecule has 0 aromatic heterocycles. The van der Waals surface area contributed by atoms with Crippen molar-refractivity contribution in [2.45, 2.75) is 63.3 Å². The largest absolute Gasteiger partial charge is 0.339 e. The minimum absolute atomic E-state index is 0.00642. The molecule has 0 radical (unpaired) electrons. The second kappa shape index (κ2) is 11.0. The lowest BCUT2D eigenvalue weighted by Gasteiger charge is -2.34. The molecule has 0 unspecified atom stereocenters. The third-order valence-electron chi connectivity index (χ3n) is 6.71. The van der Waals surface area contributed by atoms with Gasteiger partial charge in [0.05, 0.1) is 17.1 Å². The summed E-state index contributed by atoms with van der Waals surface area (Å²) in [7, 11) is -1.38. The molecule has 1 aliphatic carbocycles. The van der Waals surface area contributed by atoms with Crippen LogP contribution in [-0.2, 0) is 21.1 Å². The number of sulfone groups is 1. The van der Waals surface area contributed by atoms with Gasteiger partial charge in [-0.25, -0.2) is 8.42 Å². The van der Waals surface area contributed by atoms with Crippen LogP contribution in [0, 0.1) is 5.92 Å². The van der Waals surface area contributed by atoms with Gasteiger partial charge >= 0.3 is 0 Å². The fourth-order valence-electron chi connectivity index (χ4n) is 4.39. The van der Waals surface area contributed by atoms with Gasteiger partial charge in [0.1, 0.15) is 0 Å². The molecule has 0 bridgehead atoms. The number of nitrogens with one attached hydrogen (secondary N) is 1. The van der Waals surface area contributed by atoms with E-state index in [1.54, 1.807) is 43.3 Å². The number of nitrogens with zero attached hydrogens (tertiary/aromatic N) is 1. The molecule has 0 heterocycles. The first-order chi connectivity index (χ1) is 15.7. The van der Waals surface area contributed by atoms with Gasteiger partial charge in [0, 0.05) is 24.3 Å². The van der Waals surface area contributed by atoms with Gasteiger partial charge in [-0.3, -0.25) is 9.59 Å². The highest BCUT2D eigenvalue weighted by atomic mass is 32.2. The molecule has 0 saturated heterocycles. The van der Waals surface area contributed by atoms with Crippen molar-refractivity contribution in [2.24, 2.45) is 5.92 Å². The summed E-state index contributed by atoms with van der Waals surface area (Å²) >= 11 is 0. The van der Waals surface area contributed by atoms with Crippen LogP contribution < -0.4 is 5.32 Å². The molecular weight excluding hydrogens is 436 g/mol. The van der Waals surface area contributed by atoms with Crippen LogP contribution in [0.5, 0.6) is 0 Å². The van der Waals surface area contributed by atoms with Crippen molar-refractivity contribution >= 4 is 27.3 Å². The van der Waals surface area contributed by atoms with Gasteiger partial charge in [-0.05, 0) is 67.6 Å². The van der Waals surface area contributed by atoms with Crippen LogP contribution in [0.2, 0.25) is 0 Å². The van der Waals surface area contributed by atoms with Crippen molar-refractivity contribution in [3.8, 4) is 0 Å². The maximum absolute atomic E-state index is 12.9. The first-order valence-electron chi connectivity index (χ1n) is 11.7. The molecule has 3 rings (SSSR count). The number of hydrogen-bond acceptors (Lipinski definition) is 4. The summed E-state index contributed by atoms with van der Waals surface area (Å²) in [5, 5.41) is 2.83. The predicted molar refractivity (Wildman–Crippen MR) is 131 cm³/mol. The number of amides is 2. The van der Waals surface area contributed by atoms with Crippen molar-refractivity contribution in [1.82, 2.24) is 4.90 Å². The van der Waals surface area contributed by atoms with Crippen LogP contribution in [-0.4, -0.2) is 44.0 Å². The minimum Gasteiger partial charge on any atom is -0.339 e. The van der Waals surface area contributed by atoms with Gasteiger partial charge in [-0.15, -0.1) is 0 Å². The summed E-state index contributed by atoms with van der Waals surface area (Å²) in [6, 6.07) is 13.6. The Labute approximate surface area is 197 Å². The van der Waals surface area contributed by atoms with E-state index in [2.05, 4.69) is 12.2 Å². The molecule has 2 aromatic carbocycles. The van der Waals surface area contributed by atoms with Crippen LogP contribution in [0.25, 0.3) is 0 Å². The summed E-state index contributed by atoms with van der Waals surface area (Å²) in [6.45, 7) is 3.73. The standard InChI is InChI=1S/C26H34N2O4S/c1-4-33(31,32)24-16-10-20(11-17-24)18-25(29)27-23-14-12-22(13-15-23)26(30)28(3)19(2)21-8-6-5-7-9-21/h10-17,19,21H,4-9,18H2,1-3H3,(H,27,29)/t19-/m1/s1. The Morgan fingerprint density at radius 2 is 1.61 bits per heavy atom. The van der Waals surface area contributed by atoms with E-state index in [0.29, 0.717) is 17.2 Å². The minimum atomic E-state index is -3.25. The molecule has 33 heavy (non-hydrogen) atoms. The van der Waals surface area contributed by atoms with Crippen molar-refractivity contribution in [2.75, 3.05) is 18.1 Å². The normalized spacial score (nSPS) is 15.6. The SMILES string of the molecule is CCS(=O)(=O)c1ccc(CC(=O)Nc2ccc(C(=O)N(C)[C@H](C)C3CCCCC3)cc2)cc1. The smallest absolute Gasteiger partial charge is 0.253 e. The van der Waals surface area contributed by atoms with E-state index in [1.165, 1.54) is 44.2 Å². The predicted octanol–water partition coefficient (Wildman–Crippen LogP) is 4.70. The molecule has 2 amide bonds. The van der Waals surface area contributed by atoms with E-state index in [1.807, 2.05) is 11.9 Å². The van der Waals surface area contributed by atoms with E-state index >= 15 is 0 Å². The molecule has 2 aromatic rings. The van der Waals surface area contributed by atoms with E-state index in [0.717, 1.165) is 5.56 Å². The van der Waals surface area contributed by atoms with Crippen molar-refractivity contribution < 1.29 is 18.0 Å². The van der Waals surface area contributed by atoms with E-state index < -0.39 is 9.84 Å². The van der Waals surface area contributed by atoms with Gasteiger partial charge in [0.25, 0.3) is 5.91 Å². The lowest BCUT2D eigenvalue weighted by Crippen LogP contribution is -2.40. The van der Waals surface area contributed by atoms with Crippen LogP contribution in [0.15, 0.2) is 53.4 Å². The Kier molecular flexibility index (Phi) is 8.30. The molecule has 0 aliphatic heterocycles. The first kappa shape index (κ1) is 25.0. The number of anilines is 1. The molecular formula is C26H34N2O4S. The summed E-state index contributed by atoms with van der Waals surface area (Å²) in [5.74, 6) is 0.388. The monoisotopic (exact) mass is 470 g/mol. The zero-order chi connectivity index (χ0) is 24.0. The molecule has 6 nitrogen and oxygen atoms in total. The van der Waals surface area contributed by atoms with Gasteiger partial charge in [-0.1, -0.05) is 38.3 Å². The Bertz CT molecular complexity index is 1060. The van der Waals surface area contributed by atoms with Gasteiger partial charge in [-0.2, -0.15) is 0 Å². The Morgan fingerprint density at radius 1 is 1.00 bits per heavy atom. The number of benzene rings is 2. The molecule has 0 spiro atoms. The highest BCUT2D eigenvalue weighted by Gasteiger charge is 2.26. The molecule has 1 atom stereocenters. The third kappa shape index (κ3) is 6.44. The summed E-state index contributed by atoms with van der Waals surface area (Å²) in [5.41, 5.74) is 1.95. The van der Waals surface area contributed by atoms with E-state index in [-0.39, 0.29) is 34.9 Å². The molecule has 1 fully saturated rings. The number of hydrogen-bond donors (Lipinski definition) is 1. The molecule has 1 N–H and O–H groups in total. The van der Waals surface area contributed by atoms with E-state index in [9.17, 15) is 18.0 Å². The van der Waals surface area contributed by atoms with Gasteiger partial charge < -0.3 is 10.2 Å². The fourth-order valence-corrected chi connectivity index (χ4v) is 5.27. The molecule has 7 heteroatoms. The first-order valence-corrected chi connectivity index (χ1v) is 13.3. The number of carbonyl (C=O) groups excluding carboxylic acids is 2. The zero-order valence-electron chi connectivity index (χ0n) is 19.7. The fraction of sp³-hybridized carbons (Fsp3) is 0.462. The molecule has 1 aliphatic rings. The topological polar surface area (TPSA) is 83.5 Å². The Morgan fingerprint density at radius 3 is 2.18 bits per heavy atom. The van der Waals surface area contributed by atoms with Gasteiger partial charge in [0.2, 0.25) is 5.91 Å². The van der Waals surface area contributed by atoms with Crippen molar-refractivity contribution in [3.05, 3.63) is 59.7 Å². The maximum Gasteiger partial charge on any atom is 0.253 e. The van der Waals surface area contributed by atoms with Crippen LogP contribution in [0.4, 0.5) is 5.69 Å². The second-order valence-electron chi connectivity index (χ2n) is 8.90. The van der Waals surface area contributed by atoms with Crippen molar-refractivity contribution in [1.29, 1.82) is 0 Å². The van der Waals surface area contributed by atoms with Gasteiger partial charge in [0.15, 0.2) is 9.84 Å². The highest BCUT2D eigenvalue weighted by Crippen LogP contribution is 2.29. The molecule has 178 valence electrons. The molecule has 1 saturated carbocycles. The quantitative estimate of drug-likeness (QED) is 0.606. The second-order valence-corrected chi connectivity index (χ2v) is 11.2. The lowest BCUT2D eigenvalue weighted by atomic mass is 9.84. The lowest BCUT2D eigenvalue weighted by molar-refractivity contribution is -0.115. The third-order valence-corrected chi connectivity index (χ3v) is 8.46. The summed E-state index contributed by atoms with van der Waals surface area (Å²) in [4.78, 5) is 27.4. The maximum atomic E-state index is 12.9. The zero-order valence-corrected chi connectivity index (χ0v) is 20.5. The van der Waals surface area contributed by atoms with E-state index in [4.69, 9.17) is 0 Å². The Balaban J connectivity index is 1.56. The Hall–Kier alpha value is -2.67. The highest BCUT2D eigenvalue weighted by molar-refractivity contribution is 7.91. The van der Waals surface area contributed by atoms with Crippen molar-refractivity contribution in [3.63, 3.8) is 0 Å². The summed E-state index contributed by atoms with van der Waals surface area (Å²) < 4.78 is 23.8. The average Bonchev–Trinajstić information content (AvgIpc) is 2.84. The van der Waals surface area contributed by atoms with Crippen LogP contribution in [0.1, 0.15) is 61.9 Å².